The van der Waals surface area contributed by atoms with Gasteiger partial charge in [0.1, 0.15) is 5.76 Å². The van der Waals surface area contributed by atoms with E-state index in [-0.39, 0.29) is 12.5 Å². The molecule has 1 fully saturated rings. The Labute approximate surface area is 151 Å². The number of nitrogens with zero attached hydrogens (tertiary/aromatic N) is 2. The van der Waals surface area contributed by atoms with Crippen LogP contribution in [-0.2, 0) is 16.0 Å². The topological polar surface area (TPSA) is 92.9 Å². The minimum absolute atomic E-state index is 0.208. The Kier molecular flexibility index (Phi) is 5.55. The molecule has 0 spiro atoms. The first-order chi connectivity index (χ1) is 12.5. The van der Waals surface area contributed by atoms with E-state index < -0.39 is 12.1 Å². The second kappa shape index (κ2) is 8.03. The summed E-state index contributed by atoms with van der Waals surface area (Å²) >= 11 is 0. The van der Waals surface area contributed by atoms with Crippen LogP contribution in [0.1, 0.15) is 24.3 Å². The number of hydrogen-bond donors (Lipinski definition) is 1. The number of ether oxygens (including phenoxy) is 1. The van der Waals surface area contributed by atoms with Crippen LogP contribution in [0.25, 0.3) is 11.5 Å². The fraction of sp³-hybridized carbons (Fsp3) is 0.421. The first-order valence-electron chi connectivity index (χ1n) is 8.71. The van der Waals surface area contributed by atoms with E-state index in [1.54, 1.807) is 4.90 Å². The summed E-state index contributed by atoms with van der Waals surface area (Å²) in [4.78, 5) is 29.1. The van der Waals surface area contributed by atoms with Gasteiger partial charge in [0.2, 0.25) is 5.89 Å². The van der Waals surface area contributed by atoms with E-state index >= 15 is 0 Å². The van der Waals surface area contributed by atoms with Gasteiger partial charge in [0, 0.05) is 25.1 Å². The Balaban J connectivity index is 1.49. The Morgan fingerprint density at radius 2 is 1.96 bits per heavy atom. The third-order valence-electron chi connectivity index (χ3n) is 4.58. The largest absolute Gasteiger partial charge is 0.481 e. The molecule has 1 aromatic carbocycles. The van der Waals surface area contributed by atoms with Crippen molar-refractivity contribution >= 4 is 12.1 Å². The molecular weight excluding hydrogens is 336 g/mol. The number of oxazole rings is 1. The van der Waals surface area contributed by atoms with E-state index in [2.05, 4.69) is 4.98 Å². The van der Waals surface area contributed by atoms with Gasteiger partial charge in [0.05, 0.1) is 18.2 Å². The van der Waals surface area contributed by atoms with Gasteiger partial charge in [-0.25, -0.2) is 9.78 Å². The predicted octanol–water partition coefficient (Wildman–Crippen LogP) is 3.13. The second-order valence-corrected chi connectivity index (χ2v) is 6.35. The van der Waals surface area contributed by atoms with Crippen LogP contribution < -0.4 is 0 Å². The van der Waals surface area contributed by atoms with Gasteiger partial charge in [0.25, 0.3) is 0 Å². The lowest BCUT2D eigenvalue weighted by molar-refractivity contribution is -0.143. The molecular formula is C19H22N2O5. The normalized spacial score (nSPS) is 15.0. The first-order valence-corrected chi connectivity index (χ1v) is 8.71. The van der Waals surface area contributed by atoms with Gasteiger partial charge in [-0.3, -0.25) is 4.79 Å². The zero-order valence-electron chi connectivity index (χ0n) is 14.7. The number of hydrogen-bond acceptors (Lipinski definition) is 5. The number of likely N-dealkylation sites (tertiary alicyclic amines) is 1. The maximum Gasteiger partial charge on any atom is 0.409 e. The summed E-state index contributed by atoms with van der Waals surface area (Å²) in [7, 11) is 0. The van der Waals surface area contributed by atoms with Gasteiger partial charge >= 0.3 is 12.1 Å². The Hall–Kier alpha value is -2.83. The molecule has 0 radical (unpaired) electrons. The highest BCUT2D eigenvalue weighted by molar-refractivity contribution is 5.71. The summed E-state index contributed by atoms with van der Waals surface area (Å²) in [6.45, 7) is 2.88. The van der Waals surface area contributed by atoms with Crippen molar-refractivity contribution in [1.82, 2.24) is 9.88 Å². The molecule has 0 saturated carbocycles. The molecule has 1 aliphatic rings. The molecule has 7 heteroatoms. The van der Waals surface area contributed by atoms with Crippen LogP contribution in [0, 0.1) is 12.8 Å². The van der Waals surface area contributed by atoms with Gasteiger partial charge in [-0.05, 0) is 31.9 Å². The number of carboxylic acid groups (broad SMARTS) is 1. The maximum atomic E-state index is 12.1. The van der Waals surface area contributed by atoms with Crippen LogP contribution in [0.3, 0.4) is 0 Å². The average molecular weight is 358 g/mol. The Morgan fingerprint density at radius 1 is 1.27 bits per heavy atom. The summed E-state index contributed by atoms with van der Waals surface area (Å²) in [5.41, 5.74) is 1.67. The minimum Gasteiger partial charge on any atom is -0.481 e. The second-order valence-electron chi connectivity index (χ2n) is 6.35. The SMILES string of the molecule is Cc1oc(-c2ccccc2)nc1CCOC(=O)N1CCC(C(=O)O)CC1. The Morgan fingerprint density at radius 3 is 2.62 bits per heavy atom. The van der Waals surface area contributed by atoms with E-state index in [0.29, 0.717) is 44.0 Å². The van der Waals surface area contributed by atoms with Crippen molar-refractivity contribution in [3.05, 3.63) is 41.8 Å². The highest BCUT2D eigenvalue weighted by atomic mass is 16.6. The molecule has 26 heavy (non-hydrogen) atoms. The number of aromatic nitrogens is 1. The molecule has 1 saturated heterocycles. The van der Waals surface area contributed by atoms with Gasteiger partial charge in [-0.15, -0.1) is 0 Å². The number of carbonyl (C=O) groups excluding carboxylic acids is 1. The molecule has 3 rings (SSSR count). The first kappa shape index (κ1) is 18.0. The molecule has 0 unspecified atom stereocenters. The van der Waals surface area contributed by atoms with E-state index in [1.807, 2.05) is 37.3 Å². The maximum absolute atomic E-state index is 12.1. The van der Waals surface area contributed by atoms with Crippen LogP contribution in [0.5, 0.6) is 0 Å². The summed E-state index contributed by atoms with van der Waals surface area (Å²) in [5, 5.41) is 8.99. The summed E-state index contributed by atoms with van der Waals surface area (Å²) in [6, 6.07) is 9.62. The van der Waals surface area contributed by atoms with Crippen LogP contribution in [-0.4, -0.2) is 46.7 Å². The number of aryl methyl sites for hydroxylation is 1. The van der Waals surface area contributed by atoms with Gasteiger partial charge in [-0.1, -0.05) is 18.2 Å². The van der Waals surface area contributed by atoms with E-state index in [1.165, 1.54) is 0 Å². The molecule has 1 aliphatic heterocycles. The molecule has 138 valence electrons. The predicted molar refractivity (Wildman–Crippen MR) is 93.7 cm³/mol. The monoisotopic (exact) mass is 358 g/mol. The number of carboxylic acids is 1. The Bertz CT molecular complexity index is 763. The fourth-order valence-corrected chi connectivity index (χ4v) is 3.00. The van der Waals surface area contributed by atoms with Gasteiger partial charge in [0.15, 0.2) is 0 Å². The molecule has 1 aromatic heterocycles. The number of aliphatic carboxylic acids is 1. The van der Waals surface area contributed by atoms with Crippen molar-refractivity contribution in [2.45, 2.75) is 26.2 Å². The van der Waals surface area contributed by atoms with E-state index in [0.717, 1.165) is 11.3 Å². The number of amides is 1. The molecule has 0 aliphatic carbocycles. The highest BCUT2D eigenvalue weighted by Gasteiger charge is 2.27. The average Bonchev–Trinajstić information content (AvgIpc) is 3.03. The fourth-order valence-electron chi connectivity index (χ4n) is 3.00. The third-order valence-corrected chi connectivity index (χ3v) is 4.58. The molecule has 1 amide bonds. The number of rotatable bonds is 5. The summed E-state index contributed by atoms with van der Waals surface area (Å²) in [6.07, 6.45) is 0.998. The quantitative estimate of drug-likeness (QED) is 0.883. The van der Waals surface area contributed by atoms with Crippen LogP contribution in [0.4, 0.5) is 4.79 Å². The van der Waals surface area contributed by atoms with E-state index in [4.69, 9.17) is 14.3 Å². The van der Waals surface area contributed by atoms with Crippen LogP contribution in [0.15, 0.2) is 34.7 Å². The lowest BCUT2D eigenvalue weighted by Crippen LogP contribution is -2.40. The standard InChI is InChI=1S/C19H22N2O5/c1-13-16(20-17(26-13)14-5-3-2-4-6-14)9-12-25-19(24)21-10-7-15(8-11-21)18(22)23/h2-6,15H,7-12H2,1H3,(H,22,23). The number of benzene rings is 1. The van der Waals surface area contributed by atoms with Gasteiger partial charge in [-0.2, -0.15) is 0 Å². The smallest absolute Gasteiger partial charge is 0.409 e. The summed E-state index contributed by atoms with van der Waals surface area (Å²) in [5.74, 6) is 0.101. The minimum atomic E-state index is -0.797. The molecule has 7 nitrogen and oxygen atoms in total. The molecule has 2 heterocycles. The lowest BCUT2D eigenvalue weighted by atomic mass is 9.97. The molecule has 0 atom stereocenters. The van der Waals surface area contributed by atoms with Crippen molar-refractivity contribution in [2.24, 2.45) is 5.92 Å². The number of piperidine rings is 1. The third kappa shape index (κ3) is 4.22. The van der Waals surface area contributed by atoms with Crippen molar-refractivity contribution in [3.63, 3.8) is 0 Å². The highest BCUT2D eigenvalue weighted by Crippen LogP contribution is 2.22. The van der Waals surface area contributed by atoms with Crippen LogP contribution >= 0.6 is 0 Å². The summed E-state index contributed by atoms with van der Waals surface area (Å²) < 4.78 is 11.0. The van der Waals surface area contributed by atoms with E-state index in [9.17, 15) is 9.59 Å². The van der Waals surface area contributed by atoms with Gasteiger partial charge < -0.3 is 19.2 Å². The molecule has 1 N–H and O–H groups in total. The zero-order valence-corrected chi connectivity index (χ0v) is 14.7. The van der Waals surface area contributed by atoms with Crippen molar-refractivity contribution in [2.75, 3.05) is 19.7 Å². The lowest BCUT2D eigenvalue weighted by Gasteiger charge is -2.29. The van der Waals surface area contributed by atoms with Crippen molar-refractivity contribution < 1.29 is 23.8 Å². The molecule has 0 bridgehead atoms. The van der Waals surface area contributed by atoms with Crippen molar-refractivity contribution in [3.8, 4) is 11.5 Å². The molecule has 2 aromatic rings. The van der Waals surface area contributed by atoms with Crippen molar-refractivity contribution in [1.29, 1.82) is 0 Å². The zero-order chi connectivity index (χ0) is 18.5. The van der Waals surface area contributed by atoms with Crippen LogP contribution in [0.2, 0.25) is 0 Å². The number of carbonyl (C=O) groups is 2.